The summed E-state index contributed by atoms with van der Waals surface area (Å²) in [5.74, 6) is -1.04. The molecular formula is C46H79O11P. The molecule has 0 aromatic carbocycles. The van der Waals surface area contributed by atoms with Gasteiger partial charge in [-0.3, -0.25) is 18.6 Å². The third-order valence-corrected chi connectivity index (χ3v) is 9.85. The molecule has 0 aromatic rings. The molecule has 4 N–H and O–H groups in total. The van der Waals surface area contributed by atoms with Crippen LogP contribution in [0.15, 0.2) is 72.9 Å². The monoisotopic (exact) mass is 839 g/mol. The van der Waals surface area contributed by atoms with E-state index in [4.69, 9.17) is 19.1 Å². The minimum Gasteiger partial charge on any atom is -0.462 e. The first-order valence-electron chi connectivity index (χ1n) is 21.9. The number of hydrogen-bond acceptors (Lipinski definition) is 10. The smallest absolute Gasteiger partial charge is 0.462 e. The lowest BCUT2D eigenvalue weighted by Crippen LogP contribution is -2.29. The van der Waals surface area contributed by atoms with Crippen molar-refractivity contribution in [2.24, 2.45) is 0 Å². The summed E-state index contributed by atoms with van der Waals surface area (Å²) in [4.78, 5) is 35.0. The van der Waals surface area contributed by atoms with Crippen molar-refractivity contribution in [3.8, 4) is 0 Å². The minimum absolute atomic E-state index is 0.0475. The zero-order chi connectivity index (χ0) is 42.8. The maximum atomic E-state index is 12.6. The van der Waals surface area contributed by atoms with Gasteiger partial charge < -0.3 is 29.7 Å². The quantitative estimate of drug-likeness (QED) is 0.0200. The van der Waals surface area contributed by atoms with E-state index in [9.17, 15) is 29.3 Å². The molecule has 12 heteroatoms. The fraction of sp³-hybridized carbons (Fsp3) is 0.696. The maximum absolute atomic E-state index is 12.6. The Labute approximate surface area is 351 Å². The summed E-state index contributed by atoms with van der Waals surface area (Å²) in [6, 6.07) is 0. The Bertz CT molecular complexity index is 1210. The van der Waals surface area contributed by atoms with Crippen molar-refractivity contribution in [2.45, 2.75) is 180 Å². The summed E-state index contributed by atoms with van der Waals surface area (Å²) >= 11 is 0. The molecule has 0 bridgehead atoms. The van der Waals surface area contributed by atoms with Crippen LogP contribution in [0.3, 0.4) is 0 Å². The molecule has 0 radical (unpaired) electrons. The lowest BCUT2D eigenvalue weighted by molar-refractivity contribution is -0.161. The van der Waals surface area contributed by atoms with E-state index < -0.39 is 57.9 Å². The van der Waals surface area contributed by atoms with Crippen LogP contribution < -0.4 is 0 Å². The Morgan fingerprint density at radius 2 is 1.00 bits per heavy atom. The van der Waals surface area contributed by atoms with Crippen LogP contribution in [-0.2, 0) is 32.7 Å². The van der Waals surface area contributed by atoms with E-state index in [1.807, 2.05) is 24.3 Å². The van der Waals surface area contributed by atoms with Gasteiger partial charge in [0.1, 0.15) is 12.7 Å². The van der Waals surface area contributed by atoms with Gasteiger partial charge in [0.25, 0.3) is 0 Å². The SMILES string of the molecule is CCCCCCCCCCCCCCCCCC(=O)OCC(COP(=O)(O)OCC(O)CO)OC(=O)CC/C=C/C/C=C/C/C=C/C/C=C/C/C=C/C/C=C\C(C)O. The van der Waals surface area contributed by atoms with Gasteiger partial charge in [0.05, 0.1) is 25.9 Å². The zero-order valence-corrected chi connectivity index (χ0v) is 36.7. The number of phosphoric ester groups is 1. The lowest BCUT2D eigenvalue weighted by atomic mass is 10.0. The molecule has 4 atom stereocenters. The average Bonchev–Trinajstić information content (AvgIpc) is 3.20. The number of carbonyl (C=O) groups excluding carboxylic acids is 2. The molecule has 0 aliphatic heterocycles. The number of hydrogen-bond donors (Lipinski definition) is 4. The third kappa shape index (κ3) is 41.5. The normalized spacial score (nSPS) is 15.1. The van der Waals surface area contributed by atoms with Crippen molar-refractivity contribution >= 4 is 19.8 Å². The largest absolute Gasteiger partial charge is 0.472 e. The molecule has 0 aliphatic rings. The van der Waals surface area contributed by atoms with Crippen LogP contribution in [-0.4, -0.2) is 76.9 Å². The first kappa shape index (κ1) is 55.4. The molecule has 0 saturated carbocycles. The highest BCUT2D eigenvalue weighted by molar-refractivity contribution is 7.47. The molecule has 334 valence electrons. The van der Waals surface area contributed by atoms with Gasteiger partial charge in [0.15, 0.2) is 6.10 Å². The molecule has 0 amide bonds. The number of aliphatic hydroxyl groups is 3. The summed E-state index contributed by atoms with van der Waals surface area (Å²) in [5.41, 5.74) is 0. The van der Waals surface area contributed by atoms with Gasteiger partial charge in [0.2, 0.25) is 0 Å². The molecule has 0 saturated heterocycles. The highest BCUT2D eigenvalue weighted by Crippen LogP contribution is 2.43. The molecule has 11 nitrogen and oxygen atoms in total. The summed E-state index contributed by atoms with van der Waals surface area (Å²) < 4.78 is 32.6. The fourth-order valence-corrected chi connectivity index (χ4v) is 6.35. The number of ether oxygens (including phenoxy) is 2. The fourth-order valence-electron chi connectivity index (χ4n) is 5.56. The zero-order valence-electron chi connectivity index (χ0n) is 35.8. The Balaban J connectivity index is 4.42. The molecule has 4 unspecified atom stereocenters. The molecule has 0 rings (SSSR count). The Morgan fingerprint density at radius 3 is 1.47 bits per heavy atom. The number of carbonyl (C=O) groups is 2. The average molecular weight is 839 g/mol. The Morgan fingerprint density at radius 1 is 0.569 bits per heavy atom. The molecule has 0 aromatic heterocycles. The predicted molar refractivity (Wildman–Crippen MR) is 234 cm³/mol. The van der Waals surface area contributed by atoms with E-state index in [0.717, 1.165) is 44.9 Å². The van der Waals surface area contributed by atoms with Gasteiger partial charge in [-0.05, 0) is 51.9 Å². The first-order chi connectivity index (χ1) is 28.1. The number of esters is 2. The molecule has 0 heterocycles. The van der Waals surface area contributed by atoms with Gasteiger partial charge in [-0.25, -0.2) is 4.57 Å². The first-order valence-corrected chi connectivity index (χ1v) is 23.4. The van der Waals surface area contributed by atoms with Crippen LogP contribution >= 0.6 is 7.82 Å². The van der Waals surface area contributed by atoms with E-state index >= 15 is 0 Å². The van der Waals surface area contributed by atoms with E-state index in [1.54, 1.807) is 13.0 Å². The van der Waals surface area contributed by atoms with Crippen molar-refractivity contribution in [3.05, 3.63) is 72.9 Å². The van der Waals surface area contributed by atoms with E-state index in [0.29, 0.717) is 19.3 Å². The van der Waals surface area contributed by atoms with Crippen molar-refractivity contribution < 1.29 is 52.9 Å². The predicted octanol–water partition coefficient (Wildman–Crippen LogP) is 10.6. The van der Waals surface area contributed by atoms with Crippen LogP contribution in [0, 0.1) is 0 Å². The lowest BCUT2D eigenvalue weighted by Gasteiger charge is -2.20. The highest BCUT2D eigenvalue weighted by atomic mass is 31.2. The minimum atomic E-state index is -4.65. The van der Waals surface area contributed by atoms with Crippen LogP contribution in [0.4, 0.5) is 0 Å². The number of aliphatic hydroxyl groups excluding tert-OH is 3. The van der Waals surface area contributed by atoms with E-state index in [1.165, 1.54) is 70.6 Å². The number of unbranched alkanes of at least 4 members (excludes halogenated alkanes) is 14. The second-order valence-electron chi connectivity index (χ2n) is 14.6. The number of rotatable bonds is 40. The Kier molecular flexibility index (Phi) is 39.3. The van der Waals surface area contributed by atoms with Gasteiger partial charge in [-0.2, -0.15) is 0 Å². The van der Waals surface area contributed by atoms with Gasteiger partial charge in [-0.1, -0.05) is 170 Å². The molecule has 0 spiro atoms. The van der Waals surface area contributed by atoms with E-state index in [2.05, 4.69) is 54.0 Å². The van der Waals surface area contributed by atoms with Crippen molar-refractivity contribution in [2.75, 3.05) is 26.4 Å². The van der Waals surface area contributed by atoms with Crippen LogP contribution in [0.1, 0.15) is 162 Å². The topological polar surface area (TPSA) is 169 Å². The molecular weight excluding hydrogens is 759 g/mol. The van der Waals surface area contributed by atoms with Crippen LogP contribution in [0.5, 0.6) is 0 Å². The molecule has 58 heavy (non-hydrogen) atoms. The Hall–Kier alpha value is -2.63. The summed E-state index contributed by atoms with van der Waals surface area (Å²) in [6.45, 7) is 1.75. The summed E-state index contributed by atoms with van der Waals surface area (Å²) in [7, 11) is -4.65. The number of phosphoric acid groups is 1. The van der Waals surface area contributed by atoms with Gasteiger partial charge in [0, 0.05) is 12.8 Å². The highest BCUT2D eigenvalue weighted by Gasteiger charge is 2.27. The van der Waals surface area contributed by atoms with Crippen molar-refractivity contribution in [1.82, 2.24) is 0 Å². The molecule has 0 aliphatic carbocycles. The number of allylic oxidation sites excluding steroid dienone is 11. The van der Waals surface area contributed by atoms with Gasteiger partial charge in [-0.15, -0.1) is 0 Å². The van der Waals surface area contributed by atoms with E-state index in [-0.39, 0.29) is 19.4 Å². The second kappa shape index (κ2) is 41.1. The standard InChI is InChI=1S/C46H79O11P/c1-3-4-5-6-7-8-9-10-14-18-21-24-27-30-33-36-45(50)54-40-44(41-56-58(52,53)55-39-43(49)38-47)57-46(51)37-34-31-28-25-22-19-16-13-11-12-15-17-20-23-26-29-32-35-42(2)48/h11,13,15,17,19,22-23,26,28,31-32,35,42-44,47-49H,3-10,12,14,16,18,20-21,24-25,27,29-30,33-34,36-41H2,1-2H3,(H,52,53)/b13-11+,17-15+,22-19+,26-23+,31-28+,35-32-. The van der Waals surface area contributed by atoms with Crippen LogP contribution in [0.2, 0.25) is 0 Å². The van der Waals surface area contributed by atoms with Crippen LogP contribution in [0.25, 0.3) is 0 Å². The van der Waals surface area contributed by atoms with Crippen molar-refractivity contribution in [3.63, 3.8) is 0 Å². The third-order valence-electron chi connectivity index (χ3n) is 8.90. The summed E-state index contributed by atoms with van der Waals surface area (Å²) in [6.07, 6.45) is 44.5. The van der Waals surface area contributed by atoms with Gasteiger partial charge >= 0.3 is 19.8 Å². The second-order valence-corrected chi connectivity index (χ2v) is 16.1. The summed E-state index contributed by atoms with van der Waals surface area (Å²) in [5, 5.41) is 27.5. The molecule has 0 fully saturated rings. The maximum Gasteiger partial charge on any atom is 0.472 e. The van der Waals surface area contributed by atoms with Crippen molar-refractivity contribution in [1.29, 1.82) is 0 Å².